The maximum absolute atomic E-state index is 15.0. The van der Waals surface area contributed by atoms with Crippen molar-refractivity contribution >= 4 is 34.7 Å². The van der Waals surface area contributed by atoms with Crippen LogP contribution in [0.3, 0.4) is 0 Å². The Kier molecular flexibility index (Phi) is 8.37. The first-order valence-electron chi connectivity index (χ1n) is 19.5. The predicted molar refractivity (Wildman–Crippen MR) is 207 cm³/mol. The number of aliphatic hydroxyl groups is 3. The number of fused-ring (bicyclic) bond motifs is 11. The Labute approximate surface area is 333 Å². The van der Waals surface area contributed by atoms with E-state index in [2.05, 4.69) is 23.2 Å². The molecule has 302 valence electrons. The molecular weight excluding hydrogens is 755 g/mol. The third-order valence-corrected chi connectivity index (χ3v) is 15.4. The first-order valence-corrected chi connectivity index (χ1v) is 20.6. The van der Waals surface area contributed by atoms with Crippen LogP contribution in [0.15, 0.2) is 51.9 Å². The summed E-state index contributed by atoms with van der Waals surface area (Å²) in [6.07, 6.45) is 2.09. The van der Waals surface area contributed by atoms with Crippen molar-refractivity contribution in [2.45, 2.75) is 87.8 Å². The van der Waals surface area contributed by atoms with Gasteiger partial charge in [-0.1, -0.05) is 31.2 Å². The number of furan rings is 1. The summed E-state index contributed by atoms with van der Waals surface area (Å²) >= 11 is 1.46. The number of allylic oxidation sites excluding steroid dienone is 2. The first kappa shape index (κ1) is 37.0. The van der Waals surface area contributed by atoms with Gasteiger partial charge >= 0.3 is 11.9 Å². The van der Waals surface area contributed by atoms with Crippen molar-refractivity contribution in [3.63, 3.8) is 0 Å². The van der Waals surface area contributed by atoms with Gasteiger partial charge in [-0.2, -0.15) is 0 Å². The molecule has 4 N–H and O–H groups in total. The van der Waals surface area contributed by atoms with Crippen LogP contribution in [0.4, 0.5) is 0 Å². The number of rotatable bonds is 3. The van der Waals surface area contributed by atoms with E-state index < -0.39 is 58.5 Å². The average Bonchev–Trinajstić information content (AvgIpc) is 3.83. The topological polar surface area (TPSA) is 173 Å². The van der Waals surface area contributed by atoms with E-state index in [1.54, 1.807) is 7.11 Å². The van der Waals surface area contributed by atoms with Crippen LogP contribution in [0.2, 0.25) is 0 Å². The number of hydrogen-bond donors (Lipinski definition) is 4. The Morgan fingerprint density at radius 3 is 2.67 bits per heavy atom. The lowest BCUT2D eigenvalue weighted by molar-refractivity contribution is -0.222. The van der Waals surface area contributed by atoms with Gasteiger partial charge in [0.05, 0.1) is 30.4 Å². The van der Waals surface area contributed by atoms with Crippen LogP contribution in [0.25, 0.3) is 11.0 Å². The predicted octanol–water partition coefficient (Wildman–Crippen LogP) is 4.26. The maximum Gasteiger partial charge on any atom is 0.335 e. The molecule has 3 fully saturated rings. The van der Waals surface area contributed by atoms with E-state index in [4.69, 9.17) is 28.1 Å². The fourth-order valence-electron chi connectivity index (χ4n) is 11.5. The molecule has 4 bridgehead atoms. The molecule has 1 spiro atoms. The standard InChI is InChI=1S/C42H47N3O11S/c1-18-11-21-12-25-39(49)45-26-15-52-40(50)42(38-24(13-22(14-46)43-42)23-9-7-8-10-27(23)56-38)16-57-35(30(45)36(44(25)5)41(21,4)37(48)31(18)51-6)29-28(26)34-33(53-17-54-34)19(2)32(29)55-20(3)47/h7-11,21-22,25-26,30,35-36,39,43,46,48-49H,12-17H2,1-6H3/t21?,22-,25-,26-,30-,35+,36-,39-,41?,42+/m0/s1. The minimum absolute atomic E-state index is 0.0647. The number of ether oxygens (including phenoxy) is 5. The number of hydrogen-bond acceptors (Lipinski definition) is 15. The van der Waals surface area contributed by atoms with Crippen LogP contribution < -0.4 is 19.5 Å². The van der Waals surface area contributed by atoms with Crippen molar-refractivity contribution in [1.29, 1.82) is 0 Å². The third kappa shape index (κ3) is 4.84. The summed E-state index contributed by atoms with van der Waals surface area (Å²) in [5.74, 6) is 1.02. The number of piperazine rings is 1. The number of nitrogens with zero attached hydrogens (tertiary/aromatic N) is 2. The number of esters is 2. The molecule has 1 aromatic heterocycles. The van der Waals surface area contributed by atoms with Crippen molar-refractivity contribution in [2.24, 2.45) is 11.3 Å². The molecule has 3 saturated heterocycles. The summed E-state index contributed by atoms with van der Waals surface area (Å²) in [6, 6.07) is 4.96. The van der Waals surface area contributed by atoms with Gasteiger partial charge in [-0.25, -0.2) is 4.79 Å². The van der Waals surface area contributed by atoms with Crippen molar-refractivity contribution in [1.82, 2.24) is 15.1 Å². The summed E-state index contributed by atoms with van der Waals surface area (Å²) < 4.78 is 37.3. The highest BCUT2D eigenvalue weighted by atomic mass is 32.2. The quantitative estimate of drug-likeness (QED) is 0.219. The normalized spacial score (nSPS) is 35.6. The molecule has 1 aliphatic carbocycles. The van der Waals surface area contributed by atoms with E-state index in [1.807, 2.05) is 50.1 Å². The molecular formula is C42H47N3O11S. The molecule has 15 heteroatoms. The molecule has 3 aromatic rings. The Bertz CT molecular complexity index is 2310. The van der Waals surface area contributed by atoms with Crippen molar-refractivity contribution in [2.75, 3.05) is 39.9 Å². The number of piperidine rings is 1. The molecule has 0 saturated carbocycles. The largest absolute Gasteiger partial charge is 0.508 e. The van der Waals surface area contributed by atoms with Gasteiger partial charge in [-0.05, 0) is 51.3 Å². The summed E-state index contributed by atoms with van der Waals surface area (Å²) in [5.41, 5.74) is 1.74. The first-order chi connectivity index (χ1) is 27.3. The van der Waals surface area contributed by atoms with Crippen molar-refractivity contribution in [3.05, 3.63) is 75.4 Å². The highest BCUT2D eigenvalue weighted by Crippen LogP contribution is 2.65. The Balaban J connectivity index is 1.24. The van der Waals surface area contributed by atoms with Gasteiger partial charge < -0.3 is 43.4 Å². The highest BCUT2D eigenvalue weighted by Gasteiger charge is 2.67. The van der Waals surface area contributed by atoms with Gasteiger partial charge in [0.15, 0.2) is 22.8 Å². The molecule has 0 amide bonds. The zero-order valence-electron chi connectivity index (χ0n) is 32.7. The molecule has 0 radical (unpaired) electrons. The van der Waals surface area contributed by atoms with Crippen molar-refractivity contribution in [3.8, 4) is 17.2 Å². The molecule has 10 atom stereocenters. The zero-order valence-corrected chi connectivity index (χ0v) is 33.5. The summed E-state index contributed by atoms with van der Waals surface area (Å²) in [6.45, 7) is 6.67. The highest BCUT2D eigenvalue weighted by molar-refractivity contribution is 7.99. The van der Waals surface area contributed by atoms with E-state index in [0.717, 1.165) is 16.5 Å². The second-order valence-corrected chi connectivity index (χ2v) is 17.8. The molecule has 11 rings (SSSR count). The van der Waals surface area contributed by atoms with Gasteiger partial charge in [0.2, 0.25) is 6.79 Å². The Morgan fingerprint density at radius 1 is 1.14 bits per heavy atom. The van der Waals surface area contributed by atoms with Crippen LogP contribution in [0.5, 0.6) is 17.2 Å². The van der Waals surface area contributed by atoms with Gasteiger partial charge in [0.1, 0.15) is 35.7 Å². The Hall–Kier alpha value is -4.25. The van der Waals surface area contributed by atoms with E-state index in [9.17, 15) is 24.9 Å². The minimum atomic E-state index is -1.53. The van der Waals surface area contributed by atoms with E-state index >= 15 is 0 Å². The van der Waals surface area contributed by atoms with Crippen molar-refractivity contribution < 1.29 is 53.0 Å². The van der Waals surface area contributed by atoms with Crippen LogP contribution in [-0.4, -0.2) is 107 Å². The molecule has 57 heavy (non-hydrogen) atoms. The number of thioether (sulfide) groups is 1. The number of para-hydroxylation sites is 1. The molecule has 2 unspecified atom stereocenters. The van der Waals surface area contributed by atoms with Gasteiger partial charge in [-0.3, -0.25) is 19.9 Å². The number of aliphatic hydroxyl groups excluding tert-OH is 3. The number of likely N-dealkylation sites (N-methyl/N-ethyl adjacent to an activating group) is 1. The van der Waals surface area contributed by atoms with Crippen LogP contribution in [0, 0.1) is 18.3 Å². The van der Waals surface area contributed by atoms with Gasteiger partial charge in [0, 0.05) is 64.5 Å². The lowest BCUT2D eigenvalue weighted by Gasteiger charge is -2.67. The van der Waals surface area contributed by atoms with Gasteiger partial charge in [0.25, 0.3) is 0 Å². The molecule has 7 aliphatic heterocycles. The average molecular weight is 802 g/mol. The SMILES string of the molecule is COC1=C(O)C2(C)C(C=C1C)C[C@H]1[C@H](O)N3[C@@H]([C@@H]4SC[C@]5(N[C@H](CO)Cc6c5oc5ccccc65)C(=O)OC[C@H]3c3c5c(c(C)c(OC(C)=O)c34)OCO5)[C@@H]2N1C. The lowest BCUT2D eigenvalue weighted by Crippen LogP contribution is -2.77. The molecule has 8 heterocycles. The van der Waals surface area contributed by atoms with E-state index in [1.165, 1.54) is 18.7 Å². The fraction of sp³-hybridized carbons (Fsp3) is 0.524. The van der Waals surface area contributed by atoms with E-state index in [-0.39, 0.29) is 43.5 Å². The number of carbonyl (C=O) groups excluding carboxylic acids is 2. The minimum Gasteiger partial charge on any atom is -0.508 e. The summed E-state index contributed by atoms with van der Waals surface area (Å²) in [4.78, 5) is 32.2. The Morgan fingerprint density at radius 2 is 1.91 bits per heavy atom. The third-order valence-electron chi connectivity index (χ3n) is 13.9. The number of methoxy groups -OCH3 is 1. The van der Waals surface area contributed by atoms with Crippen LogP contribution in [-0.2, 0) is 31.0 Å². The zero-order chi connectivity index (χ0) is 39.9. The monoisotopic (exact) mass is 801 g/mol. The molecule has 8 aliphatic rings. The van der Waals surface area contributed by atoms with Crippen LogP contribution in [0.1, 0.15) is 66.5 Å². The van der Waals surface area contributed by atoms with E-state index in [0.29, 0.717) is 63.9 Å². The van der Waals surface area contributed by atoms with Gasteiger partial charge in [-0.15, -0.1) is 11.8 Å². The summed E-state index contributed by atoms with van der Waals surface area (Å²) in [5, 5.41) is 39.5. The molecule has 2 aromatic carbocycles. The van der Waals surface area contributed by atoms with Crippen LogP contribution >= 0.6 is 11.8 Å². The lowest BCUT2D eigenvalue weighted by atomic mass is 9.56. The number of nitrogens with one attached hydrogen (secondary N) is 1. The summed E-state index contributed by atoms with van der Waals surface area (Å²) in [7, 11) is 3.55. The fourth-order valence-corrected chi connectivity index (χ4v) is 13.1. The molecule has 14 nitrogen and oxygen atoms in total. The second-order valence-electron chi connectivity index (χ2n) is 16.7. The maximum atomic E-state index is 15.0. The smallest absolute Gasteiger partial charge is 0.335 e. The number of carbonyl (C=O) groups is 2. The second kappa shape index (κ2) is 12.9. The number of benzene rings is 2.